The standard InChI is InChI=1S/C25H42N2O.ClH/c1-19(2)18-26-12-14-27(15-13-26)23-9-8-21(28-7)16-22(23)25(6)11-10-24(4,5)17-20(25)3;/h8-9,16,19-20H,10-15,17-18H2,1-7H3;1H. The number of piperazine rings is 1. The molecule has 4 heteroatoms. The van der Waals surface area contributed by atoms with Gasteiger partial charge in [0.1, 0.15) is 5.75 Å². The highest BCUT2D eigenvalue weighted by Crippen LogP contribution is 2.52. The molecule has 29 heavy (non-hydrogen) atoms. The average molecular weight is 423 g/mol. The van der Waals surface area contributed by atoms with E-state index >= 15 is 0 Å². The van der Waals surface area contributed by atoms with Gasteiger partial charge in [0.05, 0.1) is 7.11 Å². The number of hydrogen-bond donors (Lipinski definition) is 0. The van der Waals surface area contributed by atoms with Crippen molar-refractivity contribution in [1.82, 2.24) is 4.90 Å². The second-order valence-corrected chi connectivity index (χ2v) is 10.8. The zero-order valence-electron chi connectivity index (χ0n) is 19.8. The number of benzene rings is 1. The van der Waals surface area contributed by atoms with Crippen molar-refractivity contribution in [2.45, 2.75) is 66.2 Å². The van der Waals surface area contributed by atoms with Crippen molar-refractivity contribution in [3.63, 3.8) is 0 Å². The number of hydrogen-bond acceptors (Lipinski definition) is 3. The number of nitrogens with zero attached hydrogens (tertiary/aromatic N) is 2. The minimum Gasteiger partial charge on any atom is -0.497 e. The van der Waals surface area contributed by atoms with Crippen molar-refractivity contribution >= 4 is 18.1 Å². The summed E-state index contributed by atoms with van der Waals surface area (Å²) in [4.78, 5) is 5.25. The van der Waals surface area contributed by atoms with Gasteiger partial charge >= 0.3 is 0 Å². The van der Waals surface area contributed by atoms with Crippen LogP contribution in [0.3, 0.4) is 0 Å². The monoisotopic (exact) mass is 422 g/mol. The molecule has 2 aliphatic rings. The molecule has 1 aromatic rings. The van der Waals surface area contributed by atoms with E-state index in [2.05, 4.69) is 69.5 Å². The number of halogens is 1. The second-order valence-electron chi connectivity index (χ2n) is 10.8. The lowest BCUT2D eigenvalue weighted by molar-refractivity contribution is 0.109. The van der Waals surface area contributed by atoms with Gasteiger partial charge < -0.3 is 9.64 Å². The first kappa shape index (κ1) is 24.3. The molecule has 2 unspecified atom stereocenters. The molecule has 1 heterocycles. The molecule has 3 rings (SSSR count). The van der Waals surface area contributed by atoms with Crippen molar-refractivity contribution in [3.8, 4) is 5.75 Å². The van der Waals surface area contributed by atoms with Gasteiger partial charge in [-0.25, -0.2) is 0 Å². The molecule has 166 valence electrons. The van der Waals surface area contributed by atoms with Crippen LogP contribution in [0.2, 0.25) is 0 Å². The molecule has 0 aromatic heterocycles. The summed E-state index contributed by atoms with van der Waals surface area (Å²) in [7, 11) is 1.79. The Morgan fingerprint density at radius 2 is 1.72 bits per heavy atom. The van der Waals surface area contributed by atoms with Crippen molar-refractivity contribution in [1.29, 1.82) is 0 Å². The molecule has 1 saturated heterocycles. The Kier molecular flexibility index (Phi) is 7.95. The van der Waals surface area contributed by atoms with E-state index in [1.165, 1.54) is 50.1 Å². The van der Waals surface area contributed by atoms with Crippen molar-refractivity contribution in [2.75, 3.05) is 44.7 Å². The first-order valence-electron chi connectivity index (χ1n) is 11.3. The van der Waals surface area contributed by atoms with Crippen LogP contribution in [0.15, 0.2) is 18.2 Å². The van der Waals surface area contributed by atoms with Gasteiger partial charge in [-0.15, -0.1) is 12.4 Å². The normalized spacial score (nSPS) is 27.6. The fourth-order valence-corrected chi connectivity index (χ4v) is 5.46. The predicted molar refractivity (Wildman–Crippen MR) is 128 cm³/mol. The summed E-state index contributed by atoms with van der Waals surface area (Å²) >= 11 is 0. The minimum absolute atomic E-state index is 0. The van der Waals surface area contributed by atoms with E-state index in [-0.39, 0.29) is 17.8 Å². The Bertz CT molecular complexity index is 667. The molecule has 2 atom stereocenters. The molecule has 0 radical (unpaired) electrons. The molecule has 1 aliphatic heterocycles. The Labute approximate surface area is 185 Å². The highest BCUT2D eigenvalue weighted by atomic mass is 35.5. The molecular formula is C25H43ClN2O. The predicted octanol–water partition coefficient (Wildman–Crippen LogP) is 6.00. The smallest absolute Gasteiger partial charge is 0.119 e. The molecule has 0 spiro atoms. The third-order valence-corrected chi connectivity index (χ3v) is 7.42. The Morgan fingerprint density at radius 3 is 2.28 bits per heavy atom. The largest absolute Gasteiger partial charge is 0.497 e. The van der Waals surface area contributed by atoms with Crippen LogP contribution in [-0.2, 0) is 5.41 Å². The van der Waals surface area contributed by atoms with Crippen molar-refractivity contribution in [3.05, 3.63) is 23.8 Å². The number of anilines is 1. The molecule has 0 N–H and O–H groups in total. The summed E-state index contributed by atoms with van der Waals surface area (Å²) < 4.78 is 5.64. The maximum atomic E-state index is 5.64. The molecule has 1 saturated carbocycles. The summed E-state index contributed by atoms with van der Waals surface area (Å²) in [5, 5.41) is 0. The second kappa shape index (κ2) is 9.47. The highest BCUT2D eigenvalue weighted by Gasteiger charge is 2.43. The third kappa shape index (κ3) is 5.41. The van der Waals surface area contributed by atoms with E-state index in [0.29, 0.717) is 11.3 Å². The SMILES string of the molecule is COc1ccc(N2CCN(CC(C)C)CC2)c(C2(C)CCC(C)(C)CC2C)c1.Cl. The summed E-state index contributed by atoms with van der Waals surface area (Å²) in [6, 6.07) is 6.81. The maximum absolute atomic E-state index is 5.64. The summed E-state index contributed by atoms with van der Waals surface area (Å²) in [5.74, 6) is 2.41. The molecule has 1 aliphatic carbocycles. The average Bonchev–Trinajstić information content (AvgIpc) is 2.64. The molecule has 2 fully saturated rings. The maximum Gasteiger partial charge on any atom is 0.119 e. The lowest BCUT2D eigenvalue weighted by atomic mass is 9.57. The molecule has 0 bridgehead atoms. The molecule has 1 aromatic carbocycles. The fraction of sp³-hybridized carbons (Fsp3) is 0.760. The summed E-state index contributed by atoms with van der Waals surface area (Å²) in [6.45, 7) is 20.3. The Balaban J connectivity index is 0.00000300. The van der Waals surface area contributed by atoms with E-state index < -0.39 is 0 Å². The van der Waals surface area contributed by atoms with Crippen molar-refractivity contribution < 1.29 is 4.74 Å². The van der Waals surface area contributed by atoms with E-state index in [9.17, 15) is 0 Å². The first-order chi connectivity index (χ1) is 13.1. The molecule has 3 nitrogen and oxygen atoms in total. The van der Waals surface area contributed by atoms with Gasteiger partial charge in [-0.05, 0) is 65.7 Å². The highest BCUT2D eigenvalue weighted by molar-refractivity contribution is 5.85. The van der Waals surface area contributed by atoms with E-state index in [1.807, 2.05) is 0 Å². The Morgan fingerprint density at radius 1 is 1.07 bits per heavy atom. The zero-order chi connectivity index (χ0) is 20.5. The van der Waals surface area contributed by atoms with Gasteiger partial charge in [0.15, 0.2) is 0 Å². The molecule has 0 amide bonds. The van der Waals surface area contributed by atoms with Crippen LogP contribution in [0.4, 0.5) is 5.69 Å². The van der Waals surface area contributed by atoms with Crippen LogP contribution < -0.4 is 9.64 Å². The van der Waals surface area contributed by atoms with Crippen LogP contribution in [0.25, 0.3) is 0 Å². The van der Waals surface area contributed by atoms with Crippen LogP contribution in [-0.4, -0.2) is 44.7 Å². The quantitative estimate of drug-likeness (QED) is 0.578. The number of methoxy groups -OCH3 is 1. The van der Waals surface area contributed by atoms with Crippen LogP contribution >= 0.6 is 12.4 Å². The molecular weight excluding hydrogens is 380 g/mol. The zero-order valence-corrected chi connectivity index (χ0v) is 20.6. The summed E-state index contributed by atoms with van der Waals surface area (Å²) in [6.07, 6.45) is 3.85. The Hall–Kier alpha value is -0.930. The first-order valence-corrected chi connectivity index (χ1v) is 11.3. The fourth-order valence-electron chi connectivity index (χ4n) is 5.46. The van der Waals surface area contributed by atoms with Gasteiger partial charge in [0.2, 0.25) is 0 Å². The summed E-state index contributed by atoms with van der Waals surface area (Å²) in [5.41, 5.74) is 3.63. The number of ether oxygens (including phenoxy) is 1. The van der Waals surface area contributed by atoms with Gasteiger partial charge in [-0.2, -0.15) is 0 Å². The third-order valence-electron chi connectivity index (χ3n) is 7.42. The number of rotatable bonds is 5. The minimum atomic E-state index is 0. The van der Waals surface area contributed by atoms with Crippen LogP contribution in [0.1, 0.15) is 66.4 Å². The van der Waals surface area contributed by atoms with Gasteiger partial charge in [0, 0.05) is 38.4 Å². The lowest BCUT2D eigenvalue weighted by Gasteiger charge is -2.49. The van der Waals surface area contributed by atoms with E-state index in [4.69, 9.17) is 4.74 Å². The van der Waals surface area contributed by atoms with E-state index in [1.54, 1.807) is 7.11 Å². The topological polar surface area (TPSA) is 15.7 Å². The van der Waals surface area contributed by atoms with Gasteiger partial charge in [-0.3, -0.25) is 4.90 Å². The van der Waals surface area contributed by atoms with Crippen molar-refractivity contribution in [2.24, 2.45) is 17.3 Å². The van der Waals surface area contributed by atoms with Crippen LogP contribution in [0.5, 0.6) is 5.75 Å². The van der Waals surface area contributed by atoms with Gasteiger partial charge in [0.25, 0.3) is 0 Å². The van der Waals surface area contributed by atoms with Crippen LogP contribution in [0, 0.1) is 17.3 Å². The van der Waals surface area contributed by atoms with Gasteiger partial charge in [-0.1, -0.05) is 41.5 Å². The van der Waals surface area contributed by atoms with E-state index in [0.717, 1.165) is 24.8 Å². The lowest BCUT2D eigenvalue weighted by Crippen LogP contribution is -2.48.